The molecule has 0 aliphatic carbocycles. The standard InChI is InChI=1S/C22H27N5O/c1-16-14-17(2)27-9-8-20(21(27)23-16)22(28)24-19-6-4-18(5-7-19)15-26-12-10-25(3)11-13-26/h4-9,14H,10-13,15H2,1-3H3,(H,24,28). The van der Waals surface area contributed by atoms with Gasteiger partial charge in [0.25, 0.3) is 5.91 Å². The summed E-state index contributed by atoms with van der Waals surface area (Å²) in [5.74, 6) is -0.133. The molecule has 1 aliphatic heterocycles. The van der Waals surface area contributed by atoms with Gasteiger partial charge < -0.3 is 14.6 Å². The Morgan fingerprint density at radius 3 is 2.50 bits per heavy atom. The summed E-state index contributed by atoms with van der Waals surface area (Å²) in [4.78, 5) is 22.1. The Bertz CT molecular complexity index is 984. The molecule has 1 aromatic carbocycles. The summed E-state index contributed by atoms with van der Waals surface area (Å²) in [7, 11) is 2.17. The fourth-order valence-electron chi connectivity index (χ4n) is 3.73. The molecule has 1 fully saturated rings. The molecule has 6 heteroatoms. The van der Waals surface area contributed by atoms with Crippen molar-refractivity contribution in [1.82, 2.24) is 19.2 Å². The molecule has 4 rings (SSSR count). The lowest BCUT2D eigenvalue weighted by Crippen LogP contribution is -2.43. The molecule has 0 unspecified atom stereocenters. The van der Waals surface area contributed by atoms with E-state index in [4.69, 9.17) is 0 Å². The van der Waals surface area contributed by atoms with Gasteiger partial charge in [0.15, 0.2) is 0 Å². The van der Waals surface area contributed by atoms with Gasteiger partial charge in [-0.2, -0.15) is 0 Å². The fraction of sp³-hybridized carbons (Fsp3) is 0.364. The number of rotatable bonds is 4. The fourth-order valence-corrected chi connectivity index (χ4v) is 3.73. The highest BCUT2D eigenvalue weighted by atomic mass is 16.1. The first-order chi connectivity index (χ1) is 13.5. The molecule has 2 aromatic heterocycles. The van der Waals surface area contributed by atoms with Gasteiger partial charge in [-0.1, -0.05) is 12.1 Å². The van der Waals surface area contributed by atoms with E-state index in [0.29, 0.717) is 11.2 Å². The lowest BCUT2D eigenvalue weighted by molar-refractivity contribution is 0.102. The molecular weight excluding hydrogens is 350 g/mol. The SMILES string of the molecule is Cc1cc(C)n2ccc(C(=O)Nc3ccc(CN4CCN(C)CC4)cc3)c2n1. The molecule has 3 aromatic rings. The van der Waals surface area contributed by atoms with Crippen molar-refractivity contribution in [3.8, 4) is 0 Å². The average molecular weight is 377 g/mol. The third kappa shape index (κ3) is 3.93. The Kier molecular flexibility index (Phi) is 5.15. The molecule has 1 N–H and O–H groups in total. The van der Waals surface area contributed by atoms with Crippen LogP contribution in [0.2, 0.25) is 0 Å². The van der Waals surface area contributed by atoms with Crippen molar-refractivity contribution in [2.75, 3.05) is 38.5 Å². The molecule has 146 valence electrons. The molecule has 0 radical (unpaired) electrons. The van der Waals surface area contributed by atoms with Crippen molar-refractivity contribution in [2.45, 2.75) is 20.4 Å². The Hall–Kier alpha value is -2.70. The highest BCUT2D eigenvalue weighted by Gasteiger charge is 2.16. The molecule has 1 saturated heterocycles. The van der Waals surface area contributed by atoms with Crippen LogP contribution in [-0.2, 0) is 6.54 Å². The zero-order valence-corrected chi connectivity index (χ0v) is 16.8. The van der Waals surface area contributed by atoms with Gasteiger partial charge in [0.1, 0.15) is 5.65 Å². The number of hydrogen-bond acceptors (Lipinski definition) is 4. The van der Waals surface area contributed by atoms with E-state index in [9.17, 15) is 4.79 Å². The third-order valence-corrected chi connectivity index (χ3v) is 5.40. The predicted octanol–water partition coefficient (Wildman–Crippen LogP) is 2.95. The molecular formula is C22H27N5O. The van der Waals surface area contributed by atoms with E-state index in [1.165, 1.54) is 5.56 Å². The molecule has 6 nitrogen and oxygen atoms in total. The van der Waals surface area contributed by atoms with E-state index in [-0.39, 0.29) is 5.91 Å². The van der Waals surface area contributed by atoms with E-state index in [2.05, 4.69) is 39.3 Å². The zero-order valence-electron chi connectivity index (χ0n) is 16.8. The number of amides is 1. The molecule has 0 bridgehead atoms. The van der Waals surface area contributed by atoms with Crippen molar-refractivity contribution >= 4 is 17.2 Å². The summed E-state index contributed by atoms with van der Waals surface area (Å²) in [6, 6.07) is 12.0. The van der Waals surface area contributed by atoms with Crippen LogP contribution in [-0.4, -0.2) is 58.3 Å². The van der Waals surface area contributed by atoms with Crippen LogP contribution in [0.5, 0.6) is 0 Å². The molecule has 0 spiro atoms. The Morgan fingerprint density at radius 1 is 1.07 bits per heavy atom. The van der Waals surface area contributed by atoms with E-state index >= 15 is 0 Å². The maximum absolute atomic E-state index is 12.8. The lowest BCUT2D eigenvalue weighted by Gasteiger charge is -2.32. The summed E-state index contributed by atoms with van der Waals surface area (Å²) >= 11 is 0. The summed E-state index contributed by atoms with van der Waals surface area (Å²) in [5, 5.41) is 3.00. The van der Waals surface area contributed by atoms with Crippen molar-refractivity contribution < 1.29 is 4.79 Å². The van der Waals surface area contributed by atoms with Crippen LogP contribution < -0.4 is 5.32 Å². The number of nitrogens with one attached hydrogen (secondary N) is 1. The minimum absolute atomic E-state index is 0.133. The Labute approximate surface area is 165 Å². The maximum atomic E-state index is 12.8. The van der Waals surface area contributed by atoms with Crippen LogP contribution in [0.4, 0.5) is 5.69 Å². The summed E-state index contributed by atoms with van der Waals surface area (Å²) in [6.07, 6.45) is 1.89. The van der Waals surface area contributed by atoms with Gasteiger partial charge in [0.05, 0.1) is 5.56 Å². The third-order valence-electron chi connectivity index (χ3n) is 5.40. The zero-order chi connectivity index (χ0) is 19.7. The second-order valence-corrected chi connectivity index (χ2v) is 7.69. The van der Waals surface area contributed by atoms with Gasteiger partial charge in [0.2, 0.25) is 0 Å². The van der Waals surface area contributed by atoms with Crippen LogP contribution in [0.15, 0.2) is 42.6 Å². The topological polar surface area (TPSA) is 52.9 Å². The molecule has 3 heterocycles. The second kappa shape index (κ2) is 7.73. The van der Waals surface area contributed by atoms with E-state index in [1.54, 1.807) is 0 Å². The number of nitrogens with zero attached hydrogens (tertiary/aromatic N) is 4. The number of piperazine rings is 1. The molecule has 0 atom stereocenters. The smallest absolute Gasteiger partial charge is 0.259 e. The lowest BCUT2D eigenvalue weighted by atomic mass is 10.1. The highest BCUT2D eigenvalue weighted by Crippen LogP contribution is 2.18. The van der Waals surface area contributed by atoms with Crippen LogP contribution in [0.3, 0.4) is 0 Å². The minimum atomic E-state index is -0.133. The monoisotopic (exact) mass is 377 g/mol. The van der Waals surface area contributed by atoms with E-state index in [0.717, 1.165) is 49.8 Å². The van der Waals surface area contributed by atoms with Crippen LogP contribution in [0.25, 0.3) is 5.65 Å². The van der Waals surface area contributed by atoms with Crippen molar-refractivity contribution in [2.24, 2.45) is 0 Å². The highest BCUT2D eigenvalue weighted by molar-refractivity contribution is 6.08. The maximum Gasteiger partial charge on any atom is 0.259 e. The molecule has 1 aliphatic rings. The van der Waals surface area contributed by atoms with E-state index < -0.39 is 0 Å². The Balaban J connectivity index is 1.44. The van der Waals surface area contributed by atoms with Gasteiger partial charge in [0, 0.05) is 56.0 Å². The van der Waals surface area contributed by atoms with Gasteiger partial charge in [-0.25, -0.2) is 4.98 Å². The van der Waals surface area contributed by atoms with Crippen LogP contribution >= 0.6 is 0 Å². The summed E-state index contributed by atoms with van der Waals surface area (Å²) < 4.78 is 1.95. The number of anilines is 1. The van der Waals surface area contributed by atoms with Crippen molar-refractivity contribution in [1.29, 1.82) is 0 Å². The largest absolute Gasteiger partial charge is 0.322 e. The molecule has 28 heavy (non-hydrogen) atoms. The number of likely N-dealkylation sites (N-methyl/N-ethyl adjacent to an activating group) is 1. The second-order valence-electron chi connectivity index (χ2n) is 7.69. The number of aryl methyl sites for hydroxylation is 2. The van der Waals surface area contributed by atoms with E-state index in [1.807, 2.05) is 48.7 Å². The number of aromatic nitrogens is 2. The molecule has 0 saturated carbocycles. The van der Waals surface area contributed by atoms with Crippen LogP contribution in [0.1, 0.15) is 27.3 Å². The summed E-state index contributed by atoms with van der Waals surface area (Å²) in [5.41, 5.74) is 5.33. The first-order valence-electron chi connectivity index (χ1n) is 9.76. The number of benzene rings is 1. The first kappa shape index (κ1) is 18.7. The molecule has 1 amide bonds. The van der Waals surface area contributed by atoms with Crippen molar-refractivity contribution in [3.05, 3.63) is 65.1 Å². The Morgan fingerprint density at radius 2 is 1.79 bits per heavy atom. The number of carbonyl (C=O) groups excluding carboxylic acids is 1. The quantitative estimate of drug-likeness (QED) is 0.760. The van der Waals surface area contributed by atoms with Gasteiger partial charge >= 0.3 is 0 Å². The van der Waals surface area contributed by atoms with Gasteiger partial charge in [-0.05, 0) is 50.7 Å². The van der Waals surface area contributed by atoms with Crippen LogP contribution in [0, 0.1) is 13.8 Å². The number of fused-ring (bicyclic) bond motifs is 1. The van der Waals surface area contributed by atoms with Crippen molar-refractivity contribution in [3.63, 3.8) is 0 Å². The summed E-state index contributed by atoms with van der Waals surface area (Å²) in [6.45, 7) is 9.35. The average Bonchev–Trinajstić information content (AvgIpc) is 3.09. The number of carbonyl (C=O) groups is 1. The predicted molar refractivity (Wildman–Crippen MR) is 112 cm³/mol. The first-order valence-corrected chi connectivity index (χ1v) is 9.76. The minimum Gasteiger partial charge on any atom is -0.322 e. The number of hydrogen-bond donors (Lipinski definition) is 1. The normalized spacial score (nSPS) is 15.8. The van der Waals surface area contributed by atoms with Gasteiger partial charge in [-0.15, -0.1) is 0 Å². The van der Waals surface area contributed by atoms with Gasteiger partial charge in [-0.3, -0.25) is 9.69 Å².